The third-order valence-electron chi connectivity index (χ3n) is 4.13. The summed E-state index contributed by atoms with van der Waals surface area (Å²) in [5.41, 5.74) is 1.17. The predicted molar refractivity (Wildman–Crippen MR) is 85.7 cm³/mol. The van der Waals surface area contributed by atoms with Crippen LogP contribution in [0.2, 0.25) is 5.02 Å². The lowest BCUT2D eigenvalue weighted by atomic mass is 9.98. The molecule has 1 aromatic carbocycles. The molecule has 1 aliphatic rings. The second-order valence-corrected chi connectivity index (χ2v) is 6.26. The number of nitrogens with one attached hydrogen (secondary N) is 1. The summed E-state index contributed by atoms with van der Waals surface area (Å²) in [6.07, 6.45) is 6.54. The quantitative estimate of drug-likeness (QED) is 0.794. The highest BCUT2D eigenvalue weighted by molar-refractivity contribution is 6.32. The van der Waals surface area contributed by atoms with E-state index in [9.17, 15) is 0 Å². The summed E-state index contributed by atoms with van der Waals surface area (Å²) >= 11 is 6.23. The van der Waals surface area contributed by atoms with Gasteiger partial charge in [0.1, 0.15) is 12.4 Å². The Hall–Kier alpha value is -0.730. The summed E-state index contributed by atoms with van der Waals surface area (Å²) in [7, 11) is 0. The monoisotopic (exact) mass is 295 g/mol. The van der Waals surface area contributed by atoms with Crippen molar-refractivity contribution >= 4 is 11.6 Å². The average Bonchev–Trinajstić information content (AvgIpc) is 2.95. The predicted octanol–water partition coefficient (Wildman–Crippen LogP) is 4.59. The number of halogens is 1. The van der Waals surface area contributed by atoms with Crippen LogP contribution in [-0.2, 0) is 0 Å². The van der Waals surface area contributed by atoms with E-state index >= 15 is 0 Å². The molecule has 1 fully saturated rings. The zero-order chi connectivity index (χ0) is 14.4. The molecule has 0 heterocycles. The van der Waals surface area contributed by atoms with Crippen LogP contribution in [0.4, 0.5) is 0 Å². The Morgan fingerprint density at radius 3 is 2.75 bits per heavy atom. The average molecular weight is 296 g/mol. The highest BCUT2D eigenvalue weighted by Gasteiger charge is 2.25. The van der Waals surface area contributed by atoms with Gasteiger partial charge in [-0.1, -0.05) is 37.4 Å². The Balaban J connectivity index is 1.93. The van der Waals surface area contributed by atoms with Gasteiger partial charge in [0, 0.05) is 6.04 Å². The van der Waals surface area contributed by atoms with E-state index in [4.69, 9.17) is 16.3 Å². The Bertz CT molecular complexity index is 415. The minimum absolute atomic E-state index is 0.454. The molecule has 112 valence electrons. The first-order chi connectivity index (χ1) is 9.70. The highest BCUT2D eigenvalue weighted by atomic mass is 35.5. The molecule has 1 aromatic rings. The summed E-state index contributed by atoms with van der Waals surface area (Å²) in [5.74, 6) is 1.56. The topological polar surface area (TPSA) is 21.3 Å². The second-order valence-electron chi connectivity index (χ2n) is 5.85. The van der Waals surface area contributed by atoms with Gasteiger partial charge in [0.2, 0.25) is 0 Å². The third kappa shape index (κ3) is 4.39. The molecule has 1 atom stereocenters. The minimum Gasteiger partial charge on any atom is -0.490 e. The third-order valence-corrected chi connectivity index (χ3v) is 4.43. The van der Waals surface area contributed by atoms with Crippen LogP contribution in [0.15, 0.2) is 18.2 Å². The molecule has 1 N–H and O–H groups in total. The van der Waals surface area contributed by atoms with Gasteiger partial charge >= 0.3 is 0 Å². The van der Waals surface area contributed by atoms with Crippen molar-refractivity contribution in [1.29, 1.82) is 0 Å². The van der Waals surface area contributed by atoms with Crippen LogP contribution < -0.4 is 10.1 Å². The molecule has 0 aromatic heterocycles. The van der Waals surface area contributed by atoms with E-state index in [1.54, 1.807) is 0 Å². The van der Waals surface area contributed by atoms with E-state index in [0.717, 1.165) is 24.6 Å². The van der Waals surface area contributed by atoms with E-state index in [1.807, 2.05) is 25.1 Å². The number of benzene rings is 1. The van der Waals surface area contributed by atoms with Crippen molar-refractivity contribution in [3.05, 3.63) is 28.8 Å². The smallest absolute Gasteiger partial charge is 0.137 e. The summed E-state index contributed by atoms with van der Waals surface area (Å²) in [5, 5.41) is 4.36. The minimum atomic E-state index is 0.454. The first kappa shape index (κ1) is 15.7. The van der Waals surface area contributed by atoms with E-state index in [-0.39, 0.29) is 0 Å². The molecule has 20 heavy (non-hydrogen) atoms. The lowest BCUT2D eigenvalue weighted by Gasteiger charge is -2.25. The van der Waals surface area contributed by atoms with Gasteiger partial charge in [-0.05, 0) is 56.3 Å². The second kappa shape index (κ2) is 7.90. The standard InChI is InChI=1S/C17H26ClNO/c1-3-10-19-16(14-6-4-5-7-14)12-20-17-9-8-13(2)11-15(17)18/h8-9,11,14,16,19H,3-7,10,12H2,1-2H3. The summed E-state index contributed by atoms with van der Waals surface area (Å²) < 4.78 is 5.97. The van der Waals surface area contributed by atoms with Crippen LogP contribution in [0.3, 0.4) is 0 Å². The first-order valence-corrected chi connectivity index (χ1v) is 8.21. The molecule has 3 heteroatoms. The van der Waals surface area contributed by atoms with Gasteiger partial charge in [0.25, 0.3) is 0 Å². The summed E-state index contributed by atoms with van der Waals surface area (Å²) in [4.78, 5) is 0. The normalized spacial score (nSPS) is 17.4. The maximum atomic E-state index is 6.23. The van der Waals surface area contributed by atoms with E-state index in [0.29, 0.717) is 17.7 Å². The Morgan fingerprint density at radius 1 is 1.35 bits per heavy atom. The number of ether oxygens (including phenoxy) is 1. The van der Waals surface area contributed by atoms with Crippen molar-refractivity contribution in [2.75, 3.05) is 13.2 Å². The van der Waals surface area contributed by atoms with Crippen molar-refractivity contribution in [3.8, 4) is 5.75 Å². The molecule has 2 nitrogen and oxygen atoms in total. The fourth-order valence-corrected chi connectivity index (χ4v) is 3.24. The van der Waals surface area contributed by atoms with Crippen molar-refractivity contribution in [1.82, 2.24) is 5.32 Å². The maximum absolute atomic E-state index is 6.23. The van der Waals surface area contributed by atoms with Crippen molar-refractivity contribution in [2.24, 2.45) is 5.92 Å². The molecule has 0 saturated heterocycles. The molecule has 1 unspecified atom stereocenters. The first-order valence-electron chi connectivity index (χ1n) is 7.83. The van der Waals surface area contributed by atoms with Crippen LogP contribution in [0.25, 0.3) is 0 Å². The van der Waals surface area contributed by atoms with Gasteiger partial charge in [-0.2, -0.15) is 0 Å². The fraction of sp³-hybridized carbons (Fsp3) is 0.647. The summed E-state index contributed by atoms with van der Waals surface area (Å²) in [6.45, 7) is 6.02. The SMILES string of the molecule is CCCNC(COc1ccc(C)cc1Cl)C1CCCC1. The Labute approximate surface area is 127 Å². The van der Waals surface area contributed by atoms with E-state index < -0.39 is 0 Å². The molecule has 1 saturated carbocycles. The van der Waals surface area contributed by atoms with Crippen LogP contribution in [-0.4, -0.2) is 19.2 Å². The van der Waals surface area contributed by atoms with Crippen molar-refractivity contribution in [2.45, 2.75) is 52.0 Å². The molecule has 2 rings (SSSR count). The van der Waals surface area contributed by atoms with E-state index in [2.05, 4.69) is 12.2 Å². The van der Waals surface area contributed by atoms with Gasteiger partial charge in [-0.15, -0.1) is 0 Å². The fourth-order valence-electron chi connectivity index (χ4n) is 2.95. The van der Waals surface area contributed by atoms with E-state index in [1.165, 1.54) is 31.2 Å². The van der Waals surface area contributed by atoms with Gasteiger partial charge in [0.05, 0.1) is 5.02 Å². The molecule has 0 spiro atoms. The van der Waals surface area contributed by atoms with Crippen molar-refractivity contribution in [3.63, 3.8) is 0 Å². The van der Waals surface area contributed by atoms with Gasteiger partial charge in [-0.25, -0.2) is 0 Å². The number of hydrogen-bond donors (Lipinski definition) is 1. The molecule has 1 aliphatic carbocycles. The largest absolute Gasteiger partial charge is 0.490 e. The van der Waals surface area contributed by atoms with Gasteiger partial charge in [-0.3, -0.25) is 0 Å². The number of aryl methyl sites for hydroxylation is 1. The Kier molecular flexibility index (Phi) is 6.18. The lowest BCUT2D eigenvalue weighted by molar-refractivity contribution is 0.217. The number of rotatable bonds is 7. The molecular weight excluding hydrogens is 270 g/mol. The zero-order valence-electron chi connectivity index (χ0n) is 12.6. The molecule has 0 bridgehead atoms. The molecule has 0 amide bonds. The highest BCUT2D eigenvalue weighted by Crippen LogP contribution is 2.29. The van der Waals surface area contributed by atoms with Gasteiger partial charge < -0.3 is 10.1 Å². The van der Waals surface area contributed by atoms with Crippen LogP contribution in [0, 0.1) is 12.8 Å². The lowest BCUT2D eigenvalue weighted by Crippen LogP contribution is -2.40. The van der Waals surface area contributed by atoms with Crippen LogP contribution >= 0.6 is 11.6 Å². The van der Waals surface area contributed by atoms with Crippen molar-refractivity contribution < 1.29 is 4.74 Å². The molecule has 0 radical (unpaired) electrons. The van der Waals surface area contributed by atoms with Crippen LogP contribution in [0.5, 0.6) is 5.75 Å². The summed E-state index contributed by atoms with van der Waals surface area (Å²) in [6, 6.07) is 6.44. The zero-order valence-corrected chi connectivity index (χ0v) is 13.4. The maximum Gasteiger partial charge on any atom is 0.137 e. The number of hydrogen-bond acceptors (Lipinski definition) is 2. The Morgan fingerprint density at radius 2 is 2.10 bits per heavy atom. The molecular formula is C17H26ClNO. The van der Waals surface area contributed by atoms with Crippen LogP contribution in [0.1, 0.15) is 44.6 Å². The van der Waals surface area contributed by atoms with Gasteiger partial charge in [0.15, 0.2) is 0 Å². The molecule has 0 aliphatic heterocycles.